The van der Waals surface area contributed by atoms with Gasteiger partial charge in [0.05, 0.1) is 6.61 Å². The lowest BCUT2D eigenvalue weighted by molar-refractivity contribution is 0.0343. The fourth-order valence-corrected chi connectivity index (χ4v) is 2.16. The number of rotatable bonds is 5. The van der Waals surface area contributed by atoms with Crippen molar-refractivity contribution in [3.05, 3.63) is 17.8 Å². The Morgan fingerprint density at radius 1 is 1.50 bits per heavy atom. The number of ether oxygens (including phenoxy) is 1. The molecule has 1 aromatic rings. The second-order valence-corrected chi connectivity index (χ2v) is 6.07. The van der Waals surface area contributed by atoms with Gasteiger partial charge in [0, 0.05) is 37.4 Å². The van der Waals surface area contributed by atoms with Gasteiger partial charge in [-0.25, -0.2) is 9.78 Å². The van der Waals surface area contributed by atoms with Crippen LogP contribution in [0.25, 0.3) is 0 Å². The van der Waals surface area contributed by atoms with Gasteiger partial charge in [0.1, 0.15) is 5.82 Å². The van der Waals surface area contributed by atoms with Gasteiger partial charge in [-0.15, -0.1) is 0 Å². The van der Waals surface area contributed by atoms with Crippen molar-refractivity contribution in [1.29, 1.82) is 0 Å². The summed E-state index contributed by atoms with van der Waals surface area (Å²) >= 11 is 0. The number of aromatic nitrogens is 1. The number of hydrogen-bond acceptors (Lipinski definition) is 5. The van der Waals surface area contributed by atoms with Gasteiger partial charge >= 0.3 is 13.2 Å². The molecular formula is C14H21BN2O5. The number of nitrogens with one attached hydrogen (secondary N) is 1. The third kappa shape index (κ3) is 4.43. The number of amides is 1. The van der Waals surface area contributed by atoms with E-state index >= 15 is 0 Å². The number of methoxy groups -OCH3 is 1. The third-order valence-electron chi connectivity index (χ3n) is 3.31. The Hall–Kier alpha value is -1.64. The minimum atomic E-state index is -1.15. The topological polar surface area (TPSA) is 89.9 Å². The monoisotopic (exact) mass is 308 g/mol. The van der Waals surface area contributed by atoms with E-state index < -0.39 is 13.2 Å². The second kappa shape index (κ2) is 7.08. The molecule has 1 saturated heterocycles. The maximum Gasteiger partial charge on any atom is 0.495 e. The molecule has 120 valence electrons. The Labute approximate surface area is 130 Å². The highest BCUT2D eigenvalue weighted by Crippen LogP contribution is 2.22. The molecule has 0 radical (unpaired) electrons. The molecule has 2 N–H and O–H groups in total. The third-order valence-corrected chi connectivity index (χ3v) is 3.31. The first-order valence-corrected chi connectivity index (χ1v) is 7.12. The van der Waals surface area contributed by atoms with Gasteiger partial charge in [0.25, 0.3) is 0 Å². The maximum absolute atomic E-state index is 10.8. The molecule has 22 heavy (non-hydrogen) atoms. The minimum Gasteiger partial charge on any atom is -0.465 e. The van der Waals surface area contributed by atoms with E-state index in [1.807, 2.05) is 6.07 Å². The molecule has 0 saturated carbocycles. The van der Waals surface area contributed by atoms with Crippen molar-refractivity contribution in [2.75, 3.05) is 32.2 Å². The molecule has 2 rings (SSSR count). The van der Waals surface area contributed by atoms with Crippen LogP contribution in [-0.4, -0.2) is 50.2 Å². The van der Waals surface area contributed by atoms with E-state index in [0.717, 1.165) is 11.0 Å². The maximum atomic E-state index is 10.8. The molecule has 1 aliphatic heterocycles. The van der Waals surface area contributed by atoms with Crippen molar-refractivity contribution < 1.29 is 23.9 Å². The molecule has 1 fully saturated rings. The van der Waals surface area contributed by atoms with E-state index in [0.29, 0.717) is 32.1 Å². The molecular weight excluding hydrogens is 287 g/mol. The summed E-state index contributed by atoms with van der Waals surface area (Å²) in [6.07, 6.45) is 0.973. The predicted molar refractivity (Wildman–Crippen MR) is 82.5 cm³/mol. The first-order chi connectivity index (χ1) is 10.4. The summed E-state index contributed by atoms with van der Waals surface area (Å²) in [5.74, 6) is 0.310. The van der Waals surface area contributed by atoms with Crippen LogP contribution in [0.2, 0.25) is 0 Å². The fourth-order valence-electron chi connectivity index (χ4n) is 2.16. The van der Waals surface area contributed by atoms with Crippen LogP contribution in [0.5, 0.6) is 0 Å². The summed E-state index contributed by atoms with van der Waals surface area (Å²) < 4.78 is 16.5. The van der Waals surface area contributed by atoms with Gasteiger partial charge in [-0.1, -0.05) is 19.9 Å². The van der Waals surface area contributed by atoms with Crippen LogP contribution in [0.15, 0.2) is 12.3 Å². The van der Waals surface area contributed by atoms with Crippen molar-refractivity contribution in [3.8, 4) is 0 Å². The standard InChI is InChI=1S/C14H21BN2O5/c1-14(2)8-21-15(22-9-14)11-6-10(4-5-20-3)12(16-7-11)17-13(18)19/h6-7H,4-5,8-9H2,1-3H3,(H,16,17)(H,18,19). The number of anilines is 1. The molecule has 8 heteroatoms. The molecule has 2 heterocycles. The molecule has 0 unspecified atom stereocenters. The highest BCUT2D eigenvalue weighted by Gasteiger charge is 2.34. The Morgan fingerprint density at radius 3 is 2.77 bits per heavy atom. The minimum absolute atomic E-state index is 0.00634. The van der Waals surface area contributed by atoms with Crippen molar-refractivity contribution >= 4 is 24.5 Å². The first kappa shape index (κ1) is 16.7. The van der Waals surface area contributed by atoms with Crippen LogP contribution in [0.3, 0.4) is 0 Å². The average molecular weight is 308 g/mol. The predicted octanol–water partition coefficient (Wildman–Crippen LogP) is 1.13. The van der Waals surface area contributed by atoms with Crippen molar-refractivity contribution in [1.82, 2.24) is 4.98 Å². The zero-order valence-corrected chi connectivity index (χ0v) is 13.1. The SMILES string of the molecule is COCCc1cc(B2OCC(C)(C)CO2)cnc1NC(=O)O. The van der Waals surface area contributed by atoms with E-state index in [4.69, 9.17) is 19.2 Å². The van der Waals surface area contributed by atoms with Crippen molar-refractivity contribution in [3.63, 3.8) is 0 Å². The largest absolute Gasteiger partial charge is 0.495 e. The van der Waals surface area contributed by atoms with Gasteiger partial charge in [0.15, 0.2) is 0 Å². The summed E-state index contributed by atoms with van der Waals surface area (Å²) in [6.45, 7) is 5.82. The number of carbonyl (C=O) groups is 1. The lowest BCUT2D eigenvalue weighted by atomic mass is 9.76. The second-order valence-electron chi connectivity index (χ2n) is 6.07. The highest BCUT2D eigenvalue weighted by molar-refractivity contribution is 6.61. The molecule has 7 nitrogen and oxygen atoms in total. The summed E-state index contributed by atoms with van der Waals surface area (Å²) in [5.41, 5.74) is 1.52. The number of hydrogen-bond donors (Lipinski definition) is 2. The zero-order valence-electron chi connectivity index (χ0n) is 13.1. The average Bonchev–Trinajstić information content (AvgIpc) is 2.46. The molecule has 1 aliphatic rings. The normalized spacial score (nSPS) is 17.3. The molecule has 0 atom stereocenters. The van der Waals surface area contributed by atoms with Crippen LogP contribution in [0.1, 0.15) is 19.4 Å². The summed E-state index contributed by atoms with van der Waals surface area (Å²) in [4.78, 5) is 15.0. The molecule has 0 aromatic carbocycles. The van der Waals surface area contributed by atoms with E-state index in [1.54, 1.807) is 13.3 Å². The molecule has 1 aromatic heterocycles. The highest BCUT2D eigenvalue weighted by atomic mass is 16.6. The fraction of sp³-hybridized carbons (Fsp3) is 0.571. The molecule has 0 aliphatic carbocycles. The van der Waals surface area contributed by atoms with Gasteiger partial charge in [-0.3, -0.25) is 5.32 Å². The van der Waals surface area contributed by atoms with Crippen LogP contribution >= 0.6 is 0 Å². The van der Waals surface area contributed by atoms with E-state index in [2.05, 4.69) is 24.1 Å². The molecule has 1 amide bonds. The Bertz CT molecular complexity index is 528. The van der Waals surface area contributed by atoms with E-state index in [1.165, 1.54) is 0 Å². The van der Waals surface area contributed by atoms with Crippen LogP contribution in [0, 0.1) is 5.41 Å². The Morgan fingerprint density at radius 2 is 2.18 bits per heavy atom. The van der Waals surface area contributed by atoms with Gasteiger partial charge in [0.2, 0.25) is 0 Å². The van der Waals surface area contributed by atoms with Gasteiger partial charge in [-0.2, -0.15) is 0 Å². The quantitative estimate of drug-likeness (QED) is 0.793. The lowest BCUT2D eigenvalue weighted by Gasteiger charge is -2.33. The Balaban J connectivity index is 2.17. The van der Waals surface area contributed by atoms with E-state index in [9.17, 15) is 4.79 Å². The molecule has 0 spiro atoms. The molecule has 0 bridgehead atoms. The summed E-state index contributed by atoms with van der Waals surface area (Å²) in [7, 11) is 1.12. The van der Waals surface area contributed by atoms with Crippen LogP contribution in [0.4, 0.5) is 10.6 Å². The van der Waals surface area contributed by atoms with Crippen molar-refractivity contribution in [2.45, 2.75) is 20.3 Å². The zero-order chi connectivity index (χ0) is 16.2. The smallest absolute Gasteiger partial charge is 0.465 e. The summed E-state index contributed by atoms with van der Waals surface area (Å²) in [6, 6.07) is 1.85. The van der Waals surface area contributed by atoms with Gasteiger partial charge < -0.3 is 19.2 Å². The van der Waals surface area contributed by atoms with Crippen molar-refractivity contribution in [2.24, 2.45) is 5.41 Å². The number of nitrogens with zero attached hydrogens (tertiary/aromatic N) is 1. The summed E-state index contributed by atoms with van der Waals surface area (Å²) in [5, 5.41) is 11.2. The first-order valence-electron chi connectivity index (χ1n) is 7.12. The lowest BCUT2D eigenvalue weighted by Crippen LogP contribution is -2.47. The Kier molecular flexibility index (Phi) is 5.39. The van der Waals surface area contributed by atoms with Gasteiger partial charge in [-0.05, 0) is 12.0 Å². The number of pyridine rings is 1. The van der Waals surface area contributed by atoms with Crippen LogP contribution < -0.4 is 10.8 Å². The van der Waals surface area contributed by atoms with Crippen LogP contribution in [-0.2, 0) is 20.5 Å². The number of carboxylic acid groups (broad SMARTS) is 1. The van der Waals surface area contributed by atoms with E-state index in [-0.39, 0.29) is 5.41 Å².